The van der Waals surface area contributed by atoms with Crippen LogP contribution in [0.15, 0.2) is 24.4 Å². The summed E-state index contributed by atoms with van der Waals surface area (Å²) in [5.41, 5.74) is 5.06. The predicted molar refractivity (Wildman–Crippen MR) is 133 cm³/mol. The zero-order valence-corrected chi connectivity index (χ0v) is 20.3. The summed E-state index contributed by atoms with van der Waals surface area (Å²) in [6.45, 7) is 8.20. The van der Waals surface area contributed by atoms with Crippen LogP contribution in [0.25, 0.3) is 27.9 Å². The van der Waals surface area contributed by atoms with Gasteiger partial charge < -0.3 is 19.9 Å². The van der Waals surface area contributed by atoms with Crippen molar-refractivity contribution in [1.29, 1.82) is 0 Å². The maximum Gasteiger partial charge on any atom is 0.243 e. The summed E-state index contributed by atoms with van der Waals surface area (Å²) in [6, 6.07) is 6.82. The Morgan fingerprint density at radius 2 is 1.88 bits per heavy atom. The summed E-state index contributed by atoms with van der Waals surface area (Å²) in [7, 11) is 1.90. The molecule has 1 aliphatic carbocycles. The molecule has 6 rings (SSSR count). The number of hydrogen-bond donors (Lipinski definition) is 2. The fourth-order valence-corrected chi connectivity index (χ4v) is 5.56. The van der Waals surface area contributed by atoms with Crippen LogP contribution in [0.2, 0.25) is 0 Å². The molecule has 1 saturated heterocycles. The summed E-state index contributed by atoms with van der Waals surface area (Å²) in [5, 5.41) is 11.6. The van der Waals surface area contributed by atoms with Gasteiger partial charge in [-0.2, -0.15) is 4.98 Å². The molecule has 4 aromatic rings. The Morgan fingerprint density at radius 1 is 1.09 bits per heavy atom. The highest BCUT2D eigenvalue weighted by Gasteiger charge is 2.41. The SMILES string of the molecule is CNc1nc(NC2CCC3(CC2)COC3)nn2ccc(-c3ccc4nc(C)n(C(C)C)c4n3)c12. The first kappa shape index (κ1) is 21.3. The monoisotopic (exact) mass is 460 g/mol. The van der Waals surface area contributed by atoms with Crippen molar-refractivity contribution in [2.24, 2.45) is 5.41 Å². The highest BCUT2D eigenvalue weighted by atomic mass is 16.5. The van der Waals surface area contributed by atoms with Gasteiger partial charge in [0.1, 0.15) is 16.9 Å². The molecule has 4 aromatic heterocycles. The number of nitrogens with one attached hydrogen (secondary N) is 2. The Balaban J connectivity index is 1.33. The second-order valence-corrected chi connectivity index (χ2v) is 10.1. The number of pyridine rings is 1. The van der Waals surface area contributed by atoms with Gasteiger partial charge in [0.05, 0.1) is 18.9 Å². The number of nitrogens with zero attached hydrogens (tertiary/aromatic N) is 6. The number of anilines is 2. The molecular formula is C25H32N8O. The van der Waals surface area contributed by atoms with Gasteiger partial charge in [-0.3, -0.25) is 0 Å². The van der Waals surface area contributed by atoms with E-state index in [1.54, 1.807) is 0 Å². The lowest BCUT2D eigenvalue weighted by Crippen LogP contribution is -2.47. The van der Waals surface area contributed by atoms with E-state index in [0.29, 0.717) is 17.4 Å². The van der Waals surface area contributed by atoms with Crippen LogP contribution in [-0.2, 0) is 4.74 Å². The van der Waals surface area contributed by atoms with E-state index in [4.69, 9.17) is 19.8 Å². The largest absolute Gasteiger partial charge is 0.380 e. The fourth-order valence-electron chi connectivity index (χ4n) is 5.56. The molecule has 2 N–H and O–H groups in total. The first-order valence-electron chi connectivity index (χ1n) is 12.2. The van der Waals surface area contributed by atoms with Crippen molar-refractivity contribution >= 4 is 28.4 Å². The maximum atomic E-state index is 5.46. The molecule has 9 heteroatoms. The lowest BCUT2D eigenvalue weighted by Gasteiger charge is -2.46. The van der Waals surface area contributed by atoms with Crippen molar-refractivity contribution in [1.82, 2.24) is 29.1 Å². The van der Waals surface area contributed by atoms with Gasteiger partial charge in [-0.15, -0.1) is 5.10 Å². The number of imidazole rings is 1. The van der Waals surface area contributed by atoms with Crippen LogP contribution in [0, 0.1) is 12.3 Å². The van der Waals surface area contributed by atoms with E-state index in [-0.39, 0.29) is 6.04 Å². The van der Waals surface area contributed by atoms with Gasteiger partial charge in [0.25, 0.3) is 0 Å². The minimum atomic E-state index is 0.287. The Morgan fingerprint density at radius 3 is 2.56 bits per heavy atom. The summed E-state index contributed by atoms with van der Waals surface area (Å²) in [4.78, 5) is 14.5. The van der Waals surface area contributed by atoms with Crippen LogP contribution in [-0.4, -0.2) is 55.4 Å². The molecule has 0 atom stereocenters. The Kier molecular flexibility index (Phi) is 4.98. The topological polar surface area (TPSA) is 94.2 Å². The van der Waals surface area contributed by atoms with E-state index >= 15 is 0 Å². The van der Waals surface area contributed by atoms with Crippen molar-refractivity contribution < 1.29 is 4.74 Å². The maximum absolute atomic E-state index is 5.46. The third kappa shape index (κ3) is 3.41. The van der Waals surface area contributed by atoms with Gasteiger partial charge in [-0.1, -0.05) is 0 Å². The summed E-state index contributed by atoms with van der Waals surface area (Å²) >= 11 is 0. The molecule has 5 heterocycles. The van der Waals surface area contributed by atoms with Crippen molar-refractivity contribution in [2.45, 2.75) is 58.5 Å². The van der Waals surface area contributed by atoms with Gasteiger partial charge in [-0.05, 0) is 64.7 Å². The highest BCUT2D eigenvalue weighted by Crippen LogP contribution is 2.42. The number of fused-ring (bicyclic) bond motifs is 2. The second kappa shape index (κ2) is 7.94. The molecule has 2 fully saturated rings. The van der Waals surface area contributed by atoms with Crippen molar-refractivity contribution in [2.75, 3.05) is 30.9 Å². The first-order chi connectivity index (χ1) is 16.5. The number of ether oxygens (including phenoxy) is 1. The summed E-state index contributed by atoms with van der Waals surface area (Å²) < 4.78 is 9.54. The number of rotatable bonds is 5. The average Bonchev–Trinajstić information content (AvgIpc) is 3.37. The minimum absolute atomic E-state index is 0.287. The molecule has 1 aliphatic heterocycles. The van der Waals surface area contributed by atoms with E-state index < -0.39 is 0 Å². The standard InChI is InChI=1S/C25H32N8O/c1-15(2)33-16(3)27-20-6-5-19(29-23(20)33)18-9-12-32-21(18)22(26-4)30-24(31-32)28-17-7-10-25(11-8-17)13-34-14-25/h5-6,9,12,15,17H,7-8,10-11,13-14H2,1-4H3,(H2,26,28,30,31). The molecular weight excluding hydrogens is 428 g/mol. The number of aromatic nitrogens is 6. The van der Waals surface area contributed by atoms with Crippen LogP contribution < -0.4 is 10.6 Å². The smallest absolute Gasteiger partial charge is 0.243 e. The Labute approximate surface area is 199 Å². The molecule has 0 bridgehead atoms. The summed E-state index contributed by atoms with van der Waals surface area (Å²) in [6.07, 6.45) is 6.66. The van der Waals surface area contributed by atoms with E-state index in [1.165, 1.54) is 12.8 Å². The van der Waals surface area contributed by atoms with Crippen LogP contribution >= 0.6 is 0 Å². The Bertz CT molecular complexity index is 1360. The van der Waals surface area contributed by atoms with Crippen LogP contribution in [0.5, 0.6) is 0 Å². The molecule has 0 radical (unpaired) electrons. The molecule has 1 spiro atoms. The first-order valence-corrected chi connectivity index (χ1v) is 12.2. The lowest BCUT2D eigenvalue weighted by molar-refractivity contribution is -0.131. The zero-order chi connectivity index (χ0) is 23.4. The molecule has 1 saturated carbocycles. The minimum Gasteiger partial charge on any atom is -0.380 e. The van der Waals surface area contributed by atoms with E-state index in [0.717, 1.165) is 65.6 Å². The van der Waals surface area contributed by atoms with E-state index in [2.05, 4.69) is 40.1 Å². The Hall–Kier alpha value is -3.20. The van der Waals surface area contributed by atoms with Gasteiger partial charge in [0.2, 0.25) is 5.95 Å². The third-order valence-electron chi connectivity index (χ3n) is 7.45. The zero-order valence-electron chi connectivity index (χ0n) is 20.3. The molecule has 34 heavy (non-hydrogen) atoms. The molecule has 9 nitrogen and oxygen atoms in total. The lowest BCUT2D eigenvalue weighted by atomic mass is 9.71. The quantitative estimate of drug-likeness (QED) is 0.455. The molecule has 178 valence electrons. The van der Waals surface area contributed by atoms with Crippen LogP contribution in [0.4, 0.5) is 11.8 Å². The highest BCUT2D eigenvalue weighted by molar-refractivity contribution is 5.89. The fraction of sp³-hybridized carbons (Fsp3) is 0.520. The van der Waals surface area contributed by atoms with Crippen LogP contribution in [0.1, 0.15) is 51.4 Å². The van der Waals surface area contributed by atoms with Gasteiger partial charge in [-0.25, -0.2) is 14.5 Å². The van der Waals surface area contributed by atoms with E-state index in [1.807, 2.05) is 36.8 Å². The predicted octanol–water partition coefficient (Wildman–Crippen LogP) is 4.44. The normalized spacial score (nSPS) is 18.1. The molecule has 0 unspecified atom stereocenters. The van der Waals surface area contributed by atoms with Gasteiger partial charge in [0, 0.05) is 36.3 Å². The molecule has 0 aromatic carbocycles. The van der Waals surface area contributed by atoms with Crippen molar-refractivity contribution in [3.05, 3.63) is 30.2 Å². The number of hydrogen-bond acceptors (Lipinski definition) is 7. The van der Waals surface area contributed by atoms with Gasteiger partial charge >= 0.3 is 0 Å². The summed E-state index contributed by atoms with van der Waals surface area (Å²) in [5.74, 6) is 2.42. The third-order valence-corrected chi connectivity index (χ3v) is 7.45. The second-order valence-electron chi connectivity index (χ2n) is 10.1. The molecule has 0 amide bonds. The van der Waals surface area contributed by atoms with Gasteiger partial charge in [0.15, 0.2) is 11.5 Å². The van der Waals surface area contributed by atoms with E-state index in [9.17, 15) is 0 Å². The number of aryl methyl sites for hydroxylation is 1. The van der Waals surface area contributed by atoms with Crippen molar-refractivity contribution in [3.8, 4) is 11.3 Å². The average molecular weight is 461 g/mol. The molecule has 2 aliphatic rings. The van der Waals surface area contributed by atoms with Crippen LogP contribution in [0.3, 0.4) is 0 Å². The van der Waals surface area contributed by atoms with Crippen molar-refractivity contribution in [3.63, 3.8) is 0 Å².